The van der Waals surface area contributed by atoms with Gasteiger partial charge in [0, 0.05) is 11.8 Å². The lowest BCUT2D eigenvalue weighted by atomic mass is 9.88. The van der Waals surface area contributed by atoms with E-state index in [4.69, 9.17) is 9.62 Å². The Morgan fingerprint density at radius 2 is 1.84 bits per heavy atom. The van der Waals surface area contributed by atoms with Gasteiger partial charge in [0.2, 0.25) is 0 Å². The minimum absolute atomic E-state index is 0.230. The van der Waals surface area contributed by atoms with Crippen LogP contribution in [0.4, 0.5) is 4.39 Å². The molecule has 2 aromatic carbocycles. The number of benzene rings is 2. The van der Waals surface area contributed by atoms with E-state index in [0.717, 1.165) is 33.1 Å². The van der Waals surface area contributed by atoms with E-state index in [2.05, 4.69) is 15.9 Å². The van der Waals surface area contributed by atoms with Crippen molar-refractivity contribution in [2.45, 2.75) is 13.0 Å². The third-order valence-corrected chi connectivity index (χ3v) is 4.12. The molecule has 4 nitrogen and oxygen atoms in total. The molecule has 1 aromatic heterocycles. The van der Waals surface area contributed by atoms with Crippen molar-refractivity contribution in [3.05, 3.63) is 65.1 Å². The van der Waals surface area contributed by atoms with Crippen molar-refractivity contribution in [3.8, 4) is 5.75 Å². The van der Waals surface area contributed by atoms with Gasteiger partial charge in [0.05, 0.1) is 14.2 Å². The van der Waals surface area contributed by atoms with Gasteiger partial charge in [0.25, 0.3) is 0 Å². The summed E-state index contributed by atoms with van der Waals surface area (Å²) in [5.74, 6) is 0.456. The molecular formula is C19H19BFNO3. The molecular weight excluding hydrogens is 320 g/mol. The number of fused-ring (bicyclic) bond motifs is 1. The van der Waals surface area contributed by atoms with E-state index in [1.165, 1.54) is 19.2 Å². The number of hydrogen-bond donors (Lipinski definition) is 0. The minimum atomic E-state index is -0.230. The van der Waals surface area contributed by atoms with E-state index < -0.39 is 0 Å². The fourth-order valence-electron chi connectivity index (χ4n) is 2.94. The Bertz CT molecular complexity index is 884. The van der Waals surface area contributed by atoms with Gasteiger partial charge in [-0.2, -0.15) is 0 Å². The first-order chi connectivity index (χ1) is 12.1. The maximum absolute atomic E-state index is 13.1. The first-order valence-electron chi connectivity index (χ1n) is 7.97. The fraction of sp³-hybridized carbons (Fsp3) is 0.211. The van der Waals surface area contributed by atoms with Crippen LogP contribution in [-0.2, 0) is 22.8 Å². The van der Waals surface area contributed by atoms with Crippen molar-refractivity contribution in [1.82, 2.24) is 4.98 Å². The summed E-state index contributed by atoms with van der Waals surface area (Å²) >= 11 is 0. The lowest BCUT2D eigenvalue weighted by molar-refractivity contribution is -0.282. The monoisotopic (exact) mass is 339 g/mol. The molecule has 128 valence electrons. The van der Waals surface area contributed by atoms with Crippen LogP contribution in [0.15, 0.2) is 42.6 Å². The number of aromatic nitrogens is 1. The number of rotatable bonds is 6. The summed E-state index contributed by atoms with van der Waals surface area (Å²) in [6, 6.07) is 10.6. The van der Waals surface area contributed by atoms with Crippen LogP contribution in [0.25, 0.3) is 10.9 Å². The summed E-state index contributed by atoms with van der Waals surface area (Å²) < 4.78 is 18.6. The number of hydrogen-bond acceptors (Lipinski definition) is 4. The van der Waals surface area contributed by atoms with Crippen molar-refractivity contribution in [2.24, 2.45) is 0 Å². The highest BCUT2D eigenvalue weighted by Gasteiger charge is 2.13. The van der Waals surface area contributed by atoms with Crippen LogP contribution in [0.3, 0.4) is 0 Å². The van der Waals surface area contributed by atoms with Crippen LogP contribution in [0, 0.1) is 5.82 Å². The van der Waals surface area contributed by atoms with E-state index in [-0.39, 0.29) is 12.4 Å². The van der Waals surface area contributed by atoms with E-state index in [0.29, 0.717) is 12.2 Å². The molecule has 0 aliphatic rings. The number of nitrogens with zero attached hydrogens (tertiary/aromatic N) is 1. The summed E-state index contributed by atoms with van der Waals surface area (Å²) in [4.78, 5) is 14.3. The second-order valence-electron chi connectivity index (χ2n) is 5.86. The van der Waals surface area contributed by atoms with Gasteiger partial charge in [-0.25, -0.2) is 14.2 Å². The van der Waals surface area contributed by atoms with Crippen molar-refractivity contribution in [3.63, 3.8) is 0 Å². The Kier molecular flexibility index (Phi) is 5.31. The molecule has 0 radical (unpaired) electrons. The molecule has 1 heterocycles. The van der Waals surface area contributed by atoms with Crippen molar-refractivity contribution < 1.29 is 18.9 Å². The predicted octanol–water partition coefficient (Wildman–Crippen LogP) is 2.31. The van der Waals surface area contributed by atoms with Crippen molar-refractivity contribution in [1.29, 1.82) is 0 Å². The average Bonchev–Trinajstić information content (AvgIpc) is 2.62. The Labute approximate surface area is 146 Å². The highest BCUT2D eigenvalue weighted by Crippen LogP contribution is 2.28. The molecule has 3 rings (SSSR count). The molecule has 0 spiro atoms. The molecule has 0 saturated heterocycles. The summed E-state index contributed by atoms with van der Waals surface area (Å²) in [6.07, 6.45) is 2.52. The lowest BCUT2D eigenvalue weighted by Gasteiger charge is -2.14. The van der Waals surface area contributed by atoms with Gasteiger partial charge in [0.15, 0.2) is 5.75 Å². The number of pyridine rings is 1. The first-order valence-corrected chi connectivity index (χ1v) is 7.97. The molecule has 25 heavy (non-hydrogen) atoms. The van der Waals surface area contributed by atoms with Gasteiger partial charge < -0.3 is 4.74 Å². The van der Waals surface area contributed by atoms with E-state index in [1.54, 1.807) is 19.2 Å². The Morgan fingerprint density at radius 1 is 1.08 bits per heavy atom. The minimum Gasteiger partial charge on any atom is -0.494 e. The zero-order valence-corrected chi connectivity index (χ0v) is 14.5. The van der Waals surface area contributed by atoms with E-state index >= 15 is 0 Å². The maximum Gasteiger partial charge on any atom is 0.150 e. The van der Waals surface area contributed by atoms with Crippen molar-refractivity contribution in [2.75, 3.05) is 14.2 Å². The van der Waals surface area contributed by atoms with Crippen LogP contribution < -0.4 is 10.2 Å². The smallest absolute Gasteiger partial charge is 0.150 e. The topological polar surface area (TPSA) is 40.6 Å². The predicted molar refractivity (Wildman–Crippen MR) is 97.5 cm³/mol. The highest BCUT2D eigenvalue weighted by molar-refractivity contribution is 6.39. The van der Waals surface area contributed by atoms with Crippen LogP contribution >= 0.6 is 0 Å². The van der Waals surface area contributed by atoms with Crippen LogP contribution in [0.2, 0.25) is 0 Å². The molecule has 0 amide bonds. The fourth-order valence-corrected chi connectivity index (χ4v) is 2.94. The van der Waals surface area contributed by atoms with Gasteiger partial charge in [-0.1, -0.05) is 23.7 Å². The SMILES string of the molecule is Bc1cc(COOC)c(OC)c2ncc(Cc3ccc(F)cc3)cc12. The molecule has 0 aliphatic heterocycles. The molecule has 6 heteroatoms. The largest absolute Gasteiger partial charge is 0.494 e. The standard InChI is InChI=1S/C19H19BFNO3/c1-23-19-14(11-25-24-2)9-17(20)16-8-13(10-22-18(16)19)7-12-3-5-15(21)6-4-12/h3-6,8-10H,7,11,20H2,1-2H3. The summed E-state index contributed by atoms with van der Waals surface area (Å²) in [5.41, 5.74) is 4.86. The normalized spacial score (nSPS) is 11.0. The average molecular weight is 339 g/mol. The van der Waals surface area contributed by atoms with Crippen LogP contribution in [0.1, 0.15) is 16.7 Å². The number of halogens is 1. The molecule has 0 atom stereocenters. The molecule has 0 saturated carbocycles. The Morgan fingerprint density at radius 3 is 2.52 bits per heavy atom. The molecule has 0 aliphatic carbocycles. The molecule has 3 aromatic rings. The second kappa shape index (κ2) is 7.63. The zero-order chi connectivity index (χ0) is 17.8. The Balaban J connectivity index is 1.99. The van der Waals surface area contributed by atoms with Gasteiger partial charge in [-0.3, -0.25) is 4.98 Å². The number of ether oxygens (including phenoxy) is 1. The van der Waals surface area contributed by atoms with E-state index in [9.17, 15) is 4.39 Å². The van der Waals surface area contributed by atoms with Crippen LogP contribution in [-0.4, -0.2) is 27.0 Å². The second-order valence-corrected chi connectivity index (χ2v) is 5.86. The molecule has 0 unspecified atom stereocenters. The van der Waals surface area contributed by atoms with Gasteiger partial charge in [0.1, 0.15) is 25.8 Å². The lowest BCUT2D eigenvalue weighted by Crippen LogP contribution is -2.10. The van der Waals surface area contributed by atoms with E-state index in [1.807, 2.05) is 20.1 Å². The summed E-state index contributed by atoms with van der Waals surface area (Å²) in [6.45, 7) is 0.287. The van der Waals surface area contributed by atoms with Crippen LogP contribution in [0.5, 0.6) is 5.75 Å². The van der Waals surface area contributed by atoms with Gasteiger partial charge in [-0.05, 0) is 41.1 Å². The number of methoxy groups -OCH3 is 1. The summed E-state index contributed by atoms with van der Waals surface area (Å²) in [5, 5.41) is 1.03. The summed E-state index contributed by atoms with van der Waals surface area (Å²) in [7, 11) is 5.12. The van der Waals surface area contributed by atoms with Crippen molar-refractivity contribution >= 4 is 24.2 Å². The first kappa shape index (κ1) is 17.4. The molecule has 0 bridgehead atoms. The maximum atomic E-state index is 13.1. The quantitative estimate of drug-likeness (QED) is 0.393. The van der Waals surface area contributed by atoms with Gasteiger partial charge in [-0.15, -0.1) is 0 Å². The van der Waals surface area contributed by atoms with Gasteiger partial charge >= 0.3 is 0 Å². The Hall–Kier alpha value is -2.44. The zero-order valence-electron chi connectivity index (χ0n) is 14.5. The third-order valence-electron chi connectivity index (χ3n) is 4.12. The third kappa shape index (κ3) is 3.81. The molecule has 0 N–H and O–H groups in total. The molecule has 0 fully saturated rings. The highest BCUT2D eigenvalue weighted by atomic mass is 19.1.